The maximum absolute atomic E-state index is 15.4. The SMILES string of the molecule is O=C(NS(=O)(=O)C1CC1)c1c(-c2ccc[nH]c2=O)c2c3occc3c(F)cc2n1Cc1cc(Cl)nc2ccccc12. The van der Waals surface area contributed by atoms with E-state index in [-0.39, 0.29) is 45.0 Å². The van der Waals surface area contributed by atoms with Gasteiger partial charge in [0.2, 0.25) is 10.0 Å². The lowest BCUT2D eigenvalue weighted by molar-refractivity contribution is 0.0974. The summed E-state index contributed by atoms with van der Waals surface area (Å²) in [5, 5.41) is 0.705. The summed E-state index contributed by atoms with van der Waals surface area (Å²) in [6.07, 6.45) is 3.64. The number of para-hydroxylation sites is 1. The van der Waals surface area contributed by atoms with E-state index < -0.39 is 32.6 Å². The number of nitrogens with zero attached hydrogens (tertiary/aromatic N) is 2. The minimum atomic E-state index is -3.98. The molecule has 0 aliphatic heterocycles. The summed E-state index contributed by atoms with van der Waals surface area (Å²) in [6, 6.07) is 14.7. The van der Waals surface area contributed by atoms with Gasteiger partial charge in [0.15, 0.2) is 0 Å². The van der Waals surface area contributed by atoms with E-state index in [0.29, 0.717) is 29.3 Å². The molecule has 1 fully saturated rings. The topological polar surface area (TPSA) is 127 Å². The number of halogens is 2. The normalized spacial score (nSPS) is 13.8. The molecule has 0 spiro atoms. The van der Waals surface area contributed by atoms with Gasteiger partial charge < -0.3 is 14.0 Å². The van der Waals surface area contributed by atoms with Crippen LogP contribution in [-0.2, 0) is 16.6 Å². The van der Waals surface area contributed by atoms with E-state index in [4.69, 9.17) is 16.0 Å². The van der Waals surface area contributed by atoms with E-state index in [0.717, 1.165) is 5.39 Å². The summed E-state index contributed by atoms with van der Waals surface area (Å²) in [7, 11) is -3.98. The predicted molar refractivity (Wildman–Crippen MR) is 153 cm³/mol. The Morgan fingerprint density at radius 2 is 1.95 bits per heavy atom. The molecule has 9 nitrogen and oxygen atoms in total. The first-order valence-corrected chi connectivity index (χ1v) is 14.7. The van der Waals surface area contributed by atoms with Gasteiger partial charge in [-0.15, -0.1) is 0 Å². The summed E-state index contributed by atoms with van der Waals surface area (Å²) < 4.78 is 50.6. The molecule has 7 rings (SSSR count). The lowest BCUT2D eigenvalue weighted by atomic mass is 10.0. The molecule has 4 heterocycles. The number of nitrogens with one attached hydrogen (secondary N) is 2. The Bertz CT molecular complexity index is 2220. The van der Waals surface area contributed by atoms with Crippen LogP contribution in [0.25, 0.3) is 43.9 Å². The van der Waals surface area contributed by atoms with Crippen LogP contribution in [0.1, 0.15) is 28.9 Å². The van der Waals surface area contributed by atoms with Crippen molar-refractivity contribution in [2.24, 2.45) is 0 Å². The van der Waals surface area contributed by atoms with Gasteiger partial charge in [0.05, 0.1) is 38.9 Å². The Morgan fingerprint density at radius 1 is 1.15 bits per heavy atom. The van der Waals surface area contributed by atoms with E-state index in [1.165, 1.54) is 35.2 Å². The highest BCUT2D eigenvalue weighted by Crippen LogP contribution is 2.41. The van der Waals surface area contributed by atoms with Gasteiger partial charge >= 0.3 is 0 Å². The van der Waals surface area contributed by atoms with Crippen molar-refractivity contribution in [3.63, 3.8) is 0 Å². The van der Waals surface area contributed by atoms with E-state index in [1.807, 2.05) is 18.2 Å². The maximum atomic E-state index is 15.4. The van der Waals surface area contributed by atoms with Gasteiger partial charge in [0, 0.05) is 23.7 Å². The first kappa shape index (κ1) is 25.5. The summed E-state index contributed by atoms with van der Waals surface area (Å²) in [5.41, 5.74) is 1.15. The van der Waals surface area contributed by atoms with Crippen LogP contribution in [0, 0.1) is 5.82 Å². The van der Waals surface area contributed by atoms with Crippen molar-refractivity contribution < 1.29 is 22.0 Å². The Labute approximate surface area is 236 Å². The highest BCUT2D eigenvalue weighted by molar-refractivity contribution is 7.91. The zero-order valence-electron chi connectivity index (χ0n) is 21.1. The van der Waals surface area contributed by atoms with Crippen LogP contribution in [0.3, 0.4) is 0 Å². The molecule has 12 heteroatoms. The predicted octanol–water partition coefficient (Wildman–Crippen LogP) is 5.35. The third kappa shape index (κ3) is 4.20. The van der Waals surface area contributed by atoms with Crippen LogP contribution in [0.4, 0.5) is 4.39 Å². The molecule has 2 aromatic carbocycles. The quantitative estimate of drug-likeness (QED) is 0.252. The number of hydrogen-bond donors (Lipinski definition) is 2. The zero-order chi connectivity index (χ0) is 28.5. The van der Waals surface area contributed by atoms with E-state index >= 15 is 4.39 Å². The van der Waals surface area contributed by atoms with Crippen molar-refractivity contribution in [2.75, 3.05) is 0 Å². The monoisotopic (exact) mass is 590 g/mol. The third-order valence-electron chi connectivity index (χ3n) is 7.32. The molecule has 1 saturated carbocycles. The number of H-pyrrole nitrogens is 1. The fourth-order valence-electron chi connectivity index (χ4n) is 5.34. The lowest BCUT2D eigenvalue weighted by Gasteiger charge is -2.14. The number of furan rings is 1. The van der Waals surface area contributed by atoms with Crippen molar-refractivity contribution in [1.82, 2.24) is 19.3 Å². The number of rotatable bonds is 6. The number of carbonyl (C=O) groups is 1. The molecule has 6 aromatic rings. The Kier molecular flexibility index (Phi) is 5.77. The molecule has 0 unspecified atom stereocenters. The van der Waals surface area contributed by atoms with Crippen LogP contribution >= 0.6 is 11.6 Å². The van der Waals surface area contributed by atoms with E-state index in [2.05, 4.69) is 14.7 Å². The van der Waals surface area contributed by atoms with Gasteiger partial charge in [-0.05, 0) is 54.8 Å². The molecule has 1 aliphatic carbocycles. The number of fused-ring (bicyclic) bond motifs is 4. The second kappa shape index (κ2) is 9.28. The maximum Gasteiger partial charge on any atom is 0.282 e. The minimum absolute atomic E-state index is 0.0259. The first-order valence-electron chi connectivity index (χ1n) is 12.7. The van der Waals surface area contributed by atoms with Gasteiger partial charge in [0.1, 0.15) is 22.2 Å². The number of benzene rings is 2. The van der Waals surface area contributed by atoms with Crippen LogP contribution in [0.5, 0.6) is 0 Å². The van der Waals surface area contributed by atoms with Crippen molar-refractivity contribution in [3.05, 3.63) is 99.6 Å². The summed E-state index contributed by atoms with van der Waals surface area (Å²) >= 11 is 6.35. The summed E-state index contributed by atoms with van der Waals surface area (Å²) in [6.45, 7) is -0.0259. The van der Waals surface area contributed by atoms with Crippen LogP contribution in [0.15, 0.2) is 76.3 Å². The highest BCUT2D eigenvalue weighted by atomic mass is 35.5. The fourth-order valence-corrected chi connectivity index (χ4v) is 6.84. The number of sulfonamides is 1. The molecule has 41 heavy (non-hydrogen) atoms. The Morgan fingerprint density at radius 3 is 2.73 bits per heavy atom. The molecule has 1 amide bonds. The van der Waals surface area contributed by atoms with Gasteiger partial charge in [-0.2, -0.15) is 0 Å². The van der Waals surface area contributed by atoms with Crippen LogP contribution in [0.2, 0.25) is 5.15 Å². The lowest BCUT2D eigenvalue weighted by Crippen LogP contribution is -2.35. The number of carbonyl (C=O) groups excluding carboxylic acids is 1. The molecule has 2 N–H and O–H groups in total. The number of amides is 1. The Hall–Kier alpha value is -4.48. The summed E-state index contributed by atoms with van der Waals surface area (Å²) in [5.74, 6) is -1.56. The summed E-state index contributed by atoms with van der Waals surface area (Å²) in [4.78, 5) is 34.1. The molecular weight excluding hydrogens is 571 g/mol. The second-order valence-electron chi connectivity index (χ2n) is 9.94. The van der Waals surface area contributed by atoms with Crippen molar-refractivity contribution >= 4 is 60.3 Å². The van der Waals surface area contributed by atoms with Gasteiger partial charge in [-0.3, -0.25) is 9.59 Å². The number of aromatic nitrogens is 3. The fraction of sp³-hybridized carbons (Fsp3) is 0.138. The standard InChI is InChI=1S/C29H20ClFN4O5S/c30-23-12-15(17-4-1-2-6-21(17)33-23)14-35-22-13-20(31)18-9-11-40-27(18)25(22)24(19-5-3-10-32-28(19)36)26(35)29(37)34-41(38,39)16-7-8-16/h1-6,9-13,16H,7-8,14H2,(H,32,36)(H,34,37). The number of hydrogen-bond acceptors (Lipinski definition) is 6. The van der Waals surface area contributed by atoms with Crippen molar-refractivity contribution in [3.8, 4) is 11.1 Å². The molecule has 0 radical (unpaired) electrons. The molecule has 0 atom stereocenters. The molecule has 4 aromatic heterocycles. The van der Waals surface area contributed by atoms with Gasteiger partial charge in [0.25, 0.3) is 11.5 Å². The highest BCUT2D eigenvalue weighted by Gasteiger charge is 2.39. The average molecular weight is 591 g/mol. The minimum Gasteiger partial charge on any atom is -0.463 e. The number of aromatic amines is 1. The van der Waals surface area contributed by atoms with E-state index in [1.54, 1.807) is 18.2 Å². The van der Waals surface area contributed by atoms with Crippen molar-refractivity contribution in [1.29, 1.82) is 0 Å². The molecule has 1 aliphatic rings. The van der Waals surface area contributed by atoms with Crippen molar-refractivity contribution in [2.45, 2.75) is 24.6 Å². The Balaban J connectivity index is 1.59. The average Bonchev–Trinajstić information content (AvgIpc) is 3.61. The molecule has 0 bridgehead atoms. The molecule has 206 valence electrons. The third-order valence-corrected chi connectivity index (χ3v) is 9.33. The van der Waals surface area contributed by atoms with Crippen LogP contribution in [-0.4, -0.2) is 34.1 Å². The first-order chi connectivity index (χ1) is 19.7. The zero-order valence-corrected chi connectivity index (χ0v) is 22.7. The number of pyridine rings is 2. The largest absolute Gasteiger partial charge is 0.463 e. The second-order valence-corrected chi connectivity index (χ2v) is 12.3. The van der Waals surface area contributed by atoms with E-state index in [9.17, 15) is 18.0 Å². The molecular formula is C29H20ClFN4O5S. The van der Waals surface area contributed by atoms with Gasteiger partial charge in [-0.1, -0.05) is 29.8 Å². The smallest absolute Gasteiger partial charge is 0.282 e. The molecule has 0 saturated heterocycles. The van der Waals surface area contributed by atoms with Gasteiger partial charge in [-0.25, -0.2) is 22.5 Å². The van der Waals surface area contributed by atoms with Crippen LogP contribution < -0.4 is 10.3 Å².